The number of furan rings is 1. The molecule has 0 aliphatic rings. The van der Waals surface area contributed by atoms with Crippen molar-refractivity contribution in [1.82, 2.24) is 5.43 Å². The number of halogens is 3. The van der Waals surface area contributed by atoms with Crippen LogP contribution in [0.3, 0.4) is 0 Å². The molecule has 0 saturated heterocycles. The number of nitrogens with one attached hydrogen (secondary N) is 1. The molecule has 1 heterocycles. The van der Waals surface area contributed by atoms with Crippen LogP contribution in [0.15, 0.2) is 45.9 Å². The van der Waals surface area contributed by atoms with E-state index in [9.17, 15) is 9.59 Å². The minimum atomic E-state index is -1.05. The Balaban J connectivity index is 1.69. The van der Waals surface area contributed by atoms with Gasteiger partial charge in [-0.25, -0.2) is 10.2 Å². The number of nitrogens with zero attached hydrogens (tertiary/aromatic N) is 1. The fourth-order valence-electron chi connectivity index (χ4n) is 2.27. The van der Waals surface area contributed by atoms with Gasteiger partial charge in [-0.1, -0.05) is 11.6 Å². The number of carboxylic acids is 1. The summed E-state index contributed by atoms with van der Waals surface area (Å²) in [5, 5.41) is 13.9. The third-order valence-corrected chi connectivity index (χ3v) is 5.28. The van der Waals surface area contributed by atoms with Crippen molar-refractivity contribution in [2.45, 2.75) is 0 Å². The van der Waals surface area contributed by atoms with Gasteiger partial charge < -0.3 is 14.3 Å². The number of ether oxygens (including phenoxy) is 1. The van der Waals surface area contributed by atoms with Gasteiger partial charge in [0.05, 0.1) is 13.4 Å². The van der Waals surface area contributed by atoms with Crippen LogP contribution in [0.2, 0.25) is 5.02 Å². The molecular formula is C18H11ClI2N2O5. The van der Waals surface area contributed by atoms with Gasteiger partial charge in [0, 0.05) is 10.4 Å². The average molecular weight is 625 g/mol. The summed E-state index contributed by atoms with van der Waals surface area (Å²) in [7, 11) is 0. The largest absolute Gasteiger partial charge is 0.480 e. The summed E-state index contributed by atoms with van der Waals surface area (Å²) in [6, 6.07) is 10.2. The zero-order valence-electron chi connectivity index (χ0n) is 13.9. The molecule has 3 rings (SSSR count). The number of aliphatic carboxylic acids is 1. The molecule has 10 heteroatoms. The number of carbonyl (C=O) groups is 2. The van der Waals surface area contributed by atoms with E-state index < -0.39 is 18.5 Å². The molecular weight excluding hydrogens is 613 g/mol. The maximum absolute atomic E-state index is 12.2. The Morgan fingerprint density at radius 3 is 2.61 bits per heavy atom. The Kier molecular flexibility index (Phi) is 6.78. The fourth-order valence-corrected chi connectivity index (χ4v) is 4.58. The van der Waals surface area contributed by atoms with Gasteiger partial charge in [-0.2, -0.15) is 5.10 Å². The molecule has 0 bridgehead atoms. The second-order valence-corrected chi connectivity index (χ2v) is 8.25. The molecule has 28 heavy (non-hydrogen) atoms. The molecule has 7 nitrogen and oxygen atoms in total. The first-order valence-corrected chi connectivity index (χ1v) is 10.2. The Labute approximate surface area is 191 Å². The fraction of sp³-hybridized carbons (Fsp3) is 0.0556. The van der Waals surface area contributed by atoms with Crippen LogP contribution in [0.5, 0.6) is 5.75 Å². The van der Waals surface area contributed by atoms with Crippen molar-refractivity contribution >= 4 is 85.8 Å². The van der Waals surface area contributed by atoms with E-state index in [1.165, 1.54) is 6.21 Å². The molecule has 0 spiro atoms. The topological polar surface area (TPSA) is 101 Å². The highest BCUT2D eigenvalue weighted by Gasteiger charge is 2.12. The molecule has 0 aliphatic heterocycles. The molecule has 2 N–H and O–H groups in total. The first-order chi connectivity index (χ1) is 13.3. The Morgan fingerprint density at radius 2 is 1.93 bits per heavy atom. The number of benzene rings is 2. The Bertz CT molecular complexity index is 1070. The van der Waals surface area contributed by atoms with Gasteiger partial charge in [0.25, 0.3) is 0 Å². The lowest BCUT2D eigenvalue weighted by molar-refractivity contribution is -0.139. The number of fused-ring (bicyclic) bond motifs is 1. The van der Waals surface area contributed by atoms with Gasteiger partial charge in [0.2, 0.25) is 0 Å². The van der Waals surface area contributed by atoms with Crippen LogP contribution in [0.25, 0.3) is 11.0 Å². The predicted octanol–water partition coefficient (Wildman–Crippen LogP) is 4.52. The smallest absolute Gasteiger partial charge is 0.341 e. The number of carbonyl (C=O) groups excluding carboxylic acids is 1. The second-order valence-electron chi connectivity index (χ2n) is 5.49. The number of hydrogen-bond donors (Lipinski definition) is 2. The summed E-state index contributed by atoms with van der Waals surface area (Å²) in [6.07, 6.45) is 1.47. The Morgan fingerprint density at radius 1 is 1.21 bits per heavy atom. The molecule has 3 aromatic rings. The highest BCUT2D eigenvalue weighted by molar-refractivity contribution is 14.1. The van der Waals surface area contributed by atoms with Crippen molar-refractivity contribution in [2.24, 2.45) is 5.10 Å². The van der Waals surface area contributed by atoms with E-state index in [2.05, 4.69) is 10.5 Å². The van der Waals surface area contributed by atoms with E-state index in [1.807, 2.05) is 45.2 Å². The number of rotatable bonds is 6. The molecule has 1 aromatic heterocycles. The number of carboxylic acid groups (broad SMARTS) is 1. The summed E-state index contributed by atoms with van der Waals surface area (Å²) in [5.74, 6) is -0.927. The third-order valence-electron chi connectivity index (χ3n) is 3.44. The molecule has 0 radical (unpaired) electrons. The zero-order chi connectivity index (χ0) is 20.3. The van der Waals surface area contributed by atoms with Gasteiger partial charge >= 0.3 is 11.9 Å². The summed E-state index contributed by atoms with van der Waals surface area (Å²) in [5.41, 5.74) is 3.68. The molecule has 0 fully saturated rings. The average Bonchev–Trinajstić information content (AvgIpc) is 3.04. The molecule has 0 atom stereocenters. The SMILES string of the molecule is O=C(O)COc1c(I)cc(/C=N/NC(=O)c2cc3cc(Cl)ccc3o2)cc1I. The van der Waals surface area contributed by atoms with E-state index in [0.717, 1.165) is 12.5 Å². The third kappa shape index (κ3) is 5.14. The first-order valence-electron chi connectivity index (χ1n) is 7.69. The van der Waals surface area contributed by atoms with Gasteiger partial charge in [-0.3, -0.25) is 4.79 Å². The van der Waals surface area contributed by atoms with E-state index in [-0.39, 0.29) is 5.76 Å². The molecule has 1 amide bonds. The van der Waals surface area contributed by atoms with Crippen LogP contribution in [0.4, 0.5) is 0 Å². The molecule has 144 valence electrons. The summed E-state index contributed by atoms with van der Waals surface area (Å²) < 4.78 is 12.2. The van der Waals surface area contributed by atoms with Crippen LogP contribution in [0.1, 0.15) is 16.1 Å². The maximum atomic E-state index is 12.2. The van der Waals surface area contributed by atoms with Crippen molar-refractivity contribution in [3.63, 3.8) is 0 Å². The van der Waals surface area contributed by atoms with Crippen molar-refractivity contribution in [3.8, 4) is 5.75 Å². The normalized spacial score (nSPS) is 11.1. The van der Waals surface area contributed by atoms with E-state index in [4.69, 9.17) is 25.9 Å². The lowest BCUT2D eigenvalue weighted by Crippen LogP contribution is -2.16. The minimum absolute atomic E-state index is 0.121. The predicted molar refractivity (Wildman–Crippen MR) is 121 cm³/mol. The Hall–Kier alpha value is -1.86. The highest BCUT2D eigenvalue weighted by atomic mass is 127. The monoisotopic (exact) mass is 624 g/mol. The van der Waals surface area contributed by atoms with Crippen LogP contribution in [-0.4, -0.2) is 29.8 Å². The maximum Gasteiger partial charge on any atom is 0.341 e. The quantitative estimate of drug-likeness (QED) is 0.239. The van der Waals surface area contributed by atoms with Gasteiger partial charge in [-0.15, -0.1) is 0 Å². The lowest BCUT2D eigenvalue weighted by Gasteiger charge is -2.09. The molecule has 0 saturated carbocycles. The number of hydrogen-bond acceptors (Lipinski definition) is 5. The molecule has 2 aromatic carbocycles. The van der Waals surface area contributed by atoms with Gasteiger partial charge in [-0.05, 0) is 87.1 Å². The standard InChI is InChI=1S/C18H11ClI2N2O5/c19-11-1-2-14-10(5-11)6-15(28-14)18(26)23-22-7-9-3-12(20)17(13(21)4-9)27-8-16(24)25/h1-7H,8H2,(H,23,26)(H,24,25)/b22-7+. The lowest BCUT2D eigenvalue weighted by atomic mass is 10.2. The second kappa shape index (κ2) is 9.09. The molecule has 0 aliphatic carbocycles. The van der Waals surface area contributed by atoms with Crippen LogP contribution in [0, 0.1) is 7.14 Å². The van der Waals surface area contributed by atoms with Crippen molar-refractivity contribution in [1.29, 1.82) is 0 Å². The minimum Gasteiger partial charge on any atom is -0.480 e. The summed E-state index contributed by atoms with van der Waals surface area (Å²) in [4.78, 5) is 22.8. The van der Waals surface area contributed by atoms with Crippen LogP contribution >= 0.6 is 56.8 Å². The summed E-state index contributed by atoms with van der Waals surface area (Å²) in [6.45, 7) is -0.418. The molecule has 0 unspecified atom stereocenters. The first kappa shape index (κ1) is 20.9. The van der Waals surface area contributed by atoms with Crippen molar-refractivity contribution in [2.75, 3.05) is 6.61 Å². The van der Waals surface area contributed by atoms with Crippen molar-refractivity contribution < 1.29 is 23.8 Å². The van der Waals surface area contributed by atoms with E-state index in [1.54, 1.807) is 36.4 Å². The number of hydrazone groups is 1. The van der Waals surface area contributed by atoms with E-state index in [0.29, 0.717) is 21.9 Å². The highest BCUT2D eigenvalue weighted by Crippen LogP contribution is 2.28. The van der Waals surface area contributed by atoms with Gasteiger partial charge in [0.1, 0.15) is 11.3 Å². The van der Waals surface area contributed by atoms with Crippen LogP contribution < -0.4 is 10.2 Å². The van der Waals surface area contributed by atoms with Gasteiger partial charge in [0.15, 0.2) is 12.4 Å². The van der Waals surface area contributed by atoms with E-state index >= 15 is 0 Å². The van der Waals surface area contributed by atoms with Crippen LogP contribution in [-0.2, 0) is 4.79 Å². The zero-order valence-corrected chi connectivity index (χ0v) is 19.0. The van der Waals surface area contributed by atoms with Crippen molar-refractivity contribution in [3.05, 3.63) is 59.9 Å². The number of amides is 1. The summed E-state index contributed by atoms with van der Waals surface area (Å²) >= 11 is 10.0.